The van der Waals surface area contributed by atoms with Gasteiger partial charge < -0.3 is 25.4 Å². The van der Waals surface area contributed by atoms with Crippen molar-refractivity contribution in [1.82, 2.24) is 4.90 Å². The van der Waals surface area contributed by atoms with Crippen LogP contribution in [-0.2, 0) is 9.47 Å². The van der Waals surface area contributed by atoms with Crippen LogP contribution in [0.1, 0.15) is 17.3 Å². The molecule has 0 heterocycles. The fourth-order valence-corrected chi connectivity index (χ4v) is 1.83. The van der Waals surface area contributed by atoms with Gasteiger partial charge in [-0.1, -0.05) is 0 Å². The first-order valence-electron chi connectivity index (χ1n) is 7.06. The Hall–Kier alpha value is -1.79. The highest BCUT2D eigenvalue weighted by Gasteiger charge is 2.12. The molecule has 0 atom stereocenters. The smallest absolute Gasteiger partial charge is 0.340 e. The SMILES string of the molecule is CCOC(=O)c1cc(N)ccc1NCCN(C)CCOC. The fourth-order valence-electron chi connectivity index (χ4n) is 1.83. The first-order valence-corrected chi connectivity index (χ1v) is 7.06. The van der Waals surface area contributed by atoms with Crippen molar-refractivity contribution < 1.29 is 14.3 Å². The van der Waals surface area contributed by atoms with E-state index >= 15 is 0 Å². The van der Waals surface area contributed by atoms with Crippen LogP contribution in [0.5, 0.6) is 0 Å². The van der Waals surface area contributed by atoms with Gasteiger partial charge in [0.2, 0.25) is 0 Å². The summed E-state index contributed by atoms with van der Waals surface area (Å²) in [6.45, 7) is 5.25. The van der Waals surface area contributed by atoms with Gasteiger partial charge in [-0.15, -0.1) is 0 Å². The Balaban J connectivity index is 2.60. The maximum atomic E-state index is 11.9. The normalized spacial score (nSPS) is 10.7. The van der Waals surface area contributed by atoms with Gasteiger partial charge in [0, 0.05) is 38.1 Å². The Labute approximate surface area is 126 Å². The van der Waals surface area contributed by atoms with Crippen LogP contribution in [0, 0.1) is 0 Å². The number of carbonyl (C=O) groups excluding carboxylic acids is 1. The summed E-state index contributed by atoms with van der Waals surface area (Å²) in [7, 11) is 3.71. The average Bonchev–Trinajstić information content (AvgIpc) is 2.46. The largest absolute Gasteiger partial charge is 0.462 e. The maximum Gasteiger partial charge on any atom is 0.340 e. The zero-order chi connectivity index (χ0) is 15.7. The molecule has 6 heteroatoms. The molecule has 0 spiro atoms. The molecule has 0 saturated carbocycles. The highest BCUT2D eigenvalue weighted by molar-refractivity contribution is 5.96. The number of nitrogens with zero attached hydrogens (tertiary/aromatic N) is 1. The second kappa shape index (κ2) is 9.20. The summed E-state index contributed by atoms with van der Waals surface area (Å²) in [6, 6.07) is 5.20. The molecule has 0 aliphatic rings. The number of nitrogens with two attached hydrogens (primary N) is 1. The lowest BCUT2D eigenvalue weighted by molar-refractivity contribution is 0.0527. The van der Waals surface area contributed by atoms with Gasteiger partial charge in [-0.05, 0) is 32.2 Å². The van der Waals surface area contributed by atoms with Crippen molar-refractivity contribution in [1.29, 1.82) is 0 Å². The van der Waals surface area contributed by atoms with E-state index in [4.69, 9.17) is 15.2 Å². The summed E-state index contributed by atoms with van der Waals surface area (Å²) in [5, 5.41) is 3.25. The van der Waals surface area contributed by atoms with Crippen molar-refractivity contribution >= 4 is 17.3 Å². The van der Waals surface area contributed by atoms with Crippen molar-refractivity contribution in [3.8, 4) is 0 Å². The van der Waals surface area contributed by atoms with Gasteiger partial charge in [-0.2, -0.15) is 0 Å². The number of rotatable bonds is 9. The van der Waals surface area contributed by atoms with Crippen LogP contribution in [0.3, 0.4) is 0 Å². The third-order valence-corrected chi connectivity index (χ3v) is 3.03. The lowest BCUT2D eigenvalue weighted by Gasteiger charge is -2.17. The molecule has 0 saturated heterocycles. The van der Waals surface area contributed by atoms with Crippen molar-refractivity contribution in [2.75, 3.05) is 58.1 Å². The van der Waals surface area contributed by atoms with E-state index in [0.29, 0.717) is 24.5 Å². The molecule has 6 nitrogen and oxygen atoms in total. The Bertz CT molecular complexity index is 452. The second-order valence-electron chi connectivity index (χ2n) is 4.75. The number of carbonyl (C=O) groups is 1. The van der Waals surface area contributed by atoms with Crippen molar-refractivity contribution in [2.24, 2.45) is 0 Å². The Kier molecular flexibility index (Phi) is 7.56. The molecule has 118 valence electrons. The standard InChI is InChI=1S/C15H25N3O3/c1-4-21-15(19)13-11-12(16)5-6-14(13)17-7-8-18(2)9-10-20-3/h5-6,11,17H,4,7-10,16H2,1-3H3. The predicted octanol–water partition coefficient (Wildman–Crippen LogP) is 1.44. The lowest BCUT2D eigenvalue weighted by atomic mass is 10.1. The number of benzene rings is 1. The van der Waals surface area contributed by atoms with Gasteiger partial charge in [0.1, 0.15) is 0 Å². The van der Waals surface area contributed by atoms with E-state index in [0.717, 1.165) is 25.3 Å². The minimum atomic E-state index is -0.361. The molecule has 0 fully saturated rings. The van der Waals surface area contributed by atoms with Crippen molar-refractivity contribution in [3.05, 3.63) is 23.8 Å². The minimum Gasteiger partial charge on any atom is -0.462 e. The van der Waals surface area contributed by atoms with Crippen molar-refractivity contribution in [3.63, 3.8) is 0 Å². The molecule has 21 heavy (non-hydrogen) atoms. The Morgan fingerprint density at radius 2 is 2.14 bits per heavy atom. The molecule has 0 bridgehead atoms. The van der Waals surface area contributed by atoms with Crippen LogP contribution in [0.2, 0.25) is 0 Å². The lowest BCUT2D eigenvalue weighted by Crippen LogP contribution is -2.28. The molecule has 3 N–H and O–H groups in total. The number of hydrogen-bond donors (Lipinski definition) is 2. The molecule has 0 aliphatic heterocycles. The van der Waals surface area contributed by atoms with E-state index in [-0.39, 0.29) is 5.97 Å². The van der Waals surface area contributed by atoms with Gasteiger partial charge in [-0.3, -0.25) is 0 Å². The molecule has 0 aliphatic carbocycles. The predicted molar refractivity (Wildman–Crippen MR) is 84.7 cm³/mol. The summed E-state index contributed by atoms with van der Waals surface area (Å²) in [5.41, 5.74) is 7.49. The van der Waals surface area contributed by atoms with E-state index < -0.39 is 0 Å². The number of nitrogens with one attached hydrogen (secondary N) is 1. The van der Waals surface area contributed by atoms with Crippen LogP contribution >= 0.6 is 0 Å². The highest BCUT2D eigenvalue weighted by Crippen LogP contribution is 2.19. The minimum absolute atomic E-state index is 0.340. The van der Waals surface area contributed by atoms with Crippen LogP contribution < -0.4 is 11.1 Å². The van der Waals surface area contributed by atoms with E-state index in [2.05, 4.69) is 10.2 Å². The number of likely N-dealkylation sites (N-methyl/N-ethyl adjacent to an activating group) is 1. The zero-order valence-corrected chi connectivity index (χ0v) is 13.0. The zero-order valence-electron chi connectivity index (χ0n) is 13.0. The van der Waals surface area contributed by atoms with Gasteiger partial charge in [0.25, 0.3) is 0 Å². The molecule has 0 aromatic heterocycles. The van der Waals surface area contributed by atoms with Crippen LogP contribution in [0.15, 0.2) is 18.2 Å². The molecular weight excluding hydrogens is 270 g/mol. The summed E-state index contributed by atoms with van der Waals surface area (Å²) in [6.07, 6.45) is 0. The quantitative estimate of drug-likeness (QED) is 0.530. The maximum absolute atomic E-state index is 11.9. The average molecular weight is 295 g/mol. The fraction of sp³-hybridized carbons (Fsp3) is 0.533. The number of esters is 1. The van der Waals surface area contributed by atoms with Crippen LogP contribution in [0.4, 0.5) is 11.4 Å². The number of ether oxygens (including phenoxy) is 2. The van der Waals surface area contributed by atoms with Gasteiger partial charge in [0.05, 0.1) is 18.8 Å². The van der Waals surface area contributed by atoms with Crippen molar-refractivity contribution in [2.45, 2.75) is 6.92 Å². The first-order chi connectivity index (χ1) is 10.1. The third-order valence-electron chi connectivity index (χ3n) is 3.03. The summed E-state index contributed by atoms with van der Waals surface area (Å²) in [5.74, 6) is -0.361. The number of nitrogen functional groups attached to an aromatic ring is 1. The number of anilines is 2. The monoisotopic (exact) mass is 295 g/mol. The van der Waals surface area contributed by atoms with E-state index in [9.17, 15) is 4.79 Å². The van der Waals surface area contributed by atoms with E-state index in [1.54, 1.807) is 32.2 Å². The van der Waals surface area contributed by atoms with E-state index in [1.165, 1.54) is 0 Å². The van der Waals surface area contributed by atoms with Gasteiger partial charge in [0.15, 0.2) is 0 Å². The third kappa shape index (κ3) is 6.01. The topological polar surface area (TPSA) is 76.8 Å². The number of methoxy groups -OCH3 is 1. The second-order valence-corrected chi connectivity index (χ2v) is 4.75. The van der Waals surface area contributed by atoms with Gasteiger partial charge in [-0.25, -0.2) is 4.79 Å². The van der Waals surface area contributed by atoms with Crippen LogP contribution in [0.25, 0.3) is 0 Å². The van der Waals surface area contributed by atoms with Gasteiger partial charge >= 0.3 is 5.97 Å². The molecule has 1 rings (SSSR count). The molecule has 0 radical (unpaired) electrons. The Morgan fingerprint density at radius 1 is 1.38 bits per heavy atom. The molecular formula is C15H25N3O3. The summed E-state index contributed by atoms with van der Waals surface area (Å²) >= 11 is 0. The molecule has 1 aromatic carbocycles. The summed E-state index contributed by atoms with van der Waals surface area (Å²) in [4.78, 5) is 14.1. The van der Waals surface area contributed by atoms with E-state index in [1.807, 2.05) is 7.05 Å². The van der Waals surface area contributed by atoms with Crippen LogP contribution in [-0.4, -0.2) is 57.9 Å². The molecule has 0 amide bonds. The Morgan fingerprint density at radius 3 is 2.81 bits per heavy atom. The summed E-state index contributed by atoms with van der Waals surface area (Å²) < 4.78 is 10.1. The highest BCUT2D eigenvalue weighted by atomic mass is 16.5. The number of hydrogen-bond acceptors (Lipinski definition) is 6. The first kappa shape index (κ1) is 17.3. The molecule has 1 aromatic rings. The molecule has 0 unspecified atom stereocenters.